The summed E-state index contributed by atoms with van der Waals surface area (Å²) in [5.41, 5.74) is 80.9. The summed E-state index contributed by atoms with van der Waals surface area (Å²) in [5.74, 6) is -1.68. The third-order valence-electron chi connectivity index (χ3n) is 17.0. The molecule has 26 heteroatoms. The Labute approximate surface area is 775 Å². The van der Waals surface area contributed by atoms with Gasteiger partial charge in [0.2, 0.25) is 0 Å². The Morgan fingerprint density at radius 2 is 0.848 bits per heavy atom. The van der Waals surface area contributed by atoms with Crippen LogP contribution in [0.15, 0.2) is 309 Å². The fourth-order valence-corrected chi connectivity index (χ4v) is 11.2. The zero-order valence-electron chi connectivity index (χ0n) is 72.2. The van der Waals surface area contributed by atoms with Gasteiger partial charge in [0, 0.05) is 133 Å². The molecule has 125 heavy (non-hydrogen) atoms. The molecule has 1 atom stereocenters. The molecule has 13 aromatic rings. The lowest BCUT2D eigenvalue weighted by molar-refractivity contribution is 0.507. The van der Waals surface area contributed by atoms with Gasteiger partial charge in [-0.1, -0.05) is 238 Å². The Kier molecular flexibility index (Phi) is 69.2. The van der Waals surface area contributed by atoms with Crippen LogP contribution in [0.2, 0.25) is 25.1 Å². The second-order valence-electron chi connectivity index (χ2n) is 26.9. The minimum atomic E-state index is -0.844. The van der Waals surface area contributed by atoms with Crippen molar-refractivity contribution < 1.29 is 8.78 Å². The number of aromatic nitrogens is 5. The predicted octanol–water partition coefficient (Wildman–Crippen LogP) is 19.2. The lowest BCUT2D eigenvalue weighted by Crippen LogP contribution is -2.21. The molecule has 6 heterocycles. The molecule has 1 unspecified atom stereocenters. The molecule has 0 spiro atoms. The summed E-state index contributed by atoms with van der Waals surface area (Å²) in [5, 5.41) is 6.63. The molecule has 1 radical (unpaired) electrons. The highest BCUT2D eigenvalue weighted by Crippen LogP contribution is 2.25. The Hall–Kier alpha value is -9.22. The predicted molar refractivity (Wildman–Crippen MR) is 530 cm³/mol. The molecule has 18 nitrogen and oxygen atoms in total. The van der Waals surface area contributed by atoms with Crippen molar-refractivity contribution in [3.63, 3.8) is 0 Å². The van der Waals surface area contributed by atoms with Gasteiger partial charge in [-0.25, -0.2) is 8.78 Å². The van der Waals surface area contributed by atoms with Crippen LogP contribution in [0, 0.1) is 32.4 Å². The molecule has 0 saturated carbocycles. The minimum absolute atomic E-state index is 0.159. The molecule has 671 valence electrons. The highest BCUT2D eigenvalue weighted by Gasteiger charge is 2.04. The zero-order valence-corrected chi connectivity index (χ0v) is 77.6. The Bertz CT molecular complexity index is 4440. The van der Waals surface area contributed by atoms with Gasteiger partial charge in [-0.15, -0.1) is 0 Å². The molecule has 1 saturated heterocycles. The van der Waals surface area contributed by atoms with E-state index in [1.807, 2.05) is 195 Å². The smallest absolute Gasteiger partial charge is 0.159 e. The minimum Gasteiger partial charge on any atom is -0.330 e. The Morgan fingerprint density at radius 3 is 1.25 bits per heavy atom. The quantitative estimate of drug-likeness (QED) is 0.0403. The largest absolute Gasteiger partial charge is 0.330 e. The van der Waals surface area contributed by atoms with Crippen LogP contribution in [0.25, 0.3) is 0 Å². The summed E-state index contributed by atoms with van der Waals surface area (Å²) in [4.78, 5) is 19.7. The van der Waals surface area contributed by atoms with E-state index in [1.165, 1.54) is 77.4 Å². The van der Waals surface area contributed by atoms with Crippen molar-refractivity contribution in [2.45, 2.75) is 124 Å². The molecular formula is C99H129BrCl5F2N18. The van der Waals surface area contributed by atoms with E-state index < -0.39 is 11.6 Å². The fraction of sp³-hybridized carbons (Fsp3) is 0.253. The van der Waals surface area contributed by atoms with Crippen LogP contribution in [-0.2, 0) is 77.9 Å². The molecule has 0 amide bonds. The van der Waals surface area contributed by atoms with Crippen molar-refractivity contribution in [2.75, 3.05) is 39.3 Å². The summed E-state index contributed by atoms with van der Waals surface area (Å²) in [6.07, 6.45) is 22.6. The number of nitrogens with zero attached hydrogens (tertiary/aromatic N) is 5. The van der Waals surface area contributed by atoms with E-state index in [0.717, 1.165) is 99.5 Å². The van der Waals surface area contributed by atoms with Crippen LogP contribution in [-0.4, -0.2) is 64.2 Å². The summed E-state index contributed by atoms with van der Waals surface area (Å²) < 4.78 is 25.7. The van der Waals surface area contributed by atoms with Gasteiger partial charge in [0.25, 0.3) is 0 Å². The maximum absolute atomic E-state index is 12.3. The Morgan fingerprint density at radius 1 is 0.368 bits per heavy atom. The molecule has 1 aliphatic rings. The van der Waals surface area contributed by atoms with E-state index in [2.05, 4.69) is 115 Å². The van der Waals surface area contributed by atoms with Crippen LogP contribution in [0.3, 0.4) is 0 Å². The van der Waals surface area contributed by atoms with Crippen LogP contribution >= 0.6 is 73.9 Å². The molecule has 14 rings (SSSR count). The van der Waals surface area contributed by atoms with E-state index in [1.54, 1.807) is 49.4 Å². The number of hydrogen-bond acceptors (Lipinski definition) is 18. The van der Waals surface area contributed by atoms with E-state index in [4.69, 9.17) is 127 Å². The summed E-state index contributed by atoms with van der Waals surface area (Å²) >= 11 is 32.3. The van der Waals surface area contributed by atoms with Gasteiger partial charge < -0.3 is 74.1 Å². The van der Waals surface area contributed by atoms with Gasteiger partial charge in [-0.05, 0) is 275 Å². The maximum Gasteiger partial charge on any atom is 0.159 e. The lowest BCUT2D eigenvalue weighted by Gasteiger charge is -2.08. The average molecular weight is 1870 g/mol. The standard InChI is InChI=1S/C8H10BrN.C8H9Cl2N.C8H7Cl2.3C8H11N.C7H8ClN.C7H7F2N.2C7H10N2.3C6H8N2.C5H11N/c9-8-3-1-7(2-4-8)5-6-10;9-7-2-1-3-8(10)6(7)4-5-11;1-2-6-3-4-7(9)8(10)5-6;1-7-2-4-8(6-9)5-3-7;1-7-4-2-3-5-8(7)6-9;1-7(9)8-5-3-2-4-6-8;8-7-4-2-1-3-6(7)5-9;8-6-2-1-5(4-10)3-7(6)9;8-4-3-7-2-1-5-9-6-7;8-5-4-7-3-1-2-6-9-7;7-5-6-1-3-8-4-2-6;7-4-6-2-1-3-8-5-6;7-5-6-3-1-2-4-8-6;1-2-4-6-5-3-1/h1-4H,5-6,10H2;1-3H,4-5,11H2;3-5H,1-2H2;2*2-5H,6,9H2,1H3;2-7H,9H2,1H3;1-4H,5,9H2;1-3H,4,10H2;1-2,5-6H,3-4,8H2;1-3,6H,4-5,8H2;1-4H,5,7H2;1-3,5H,4,7H2;1-4H,5,7H2;6H,1-5H2. The summed E-state index contributed by atoms with van der Waals surface area (Å²) in [7, 11) is 0. The van der Waals surface area contributed by atoms with E-state index >= 15 is 0 Å². The second kappa shape index (κ2) is 76.1. The van der Waals surface area contributed by atoms with Crippen molar-refractivity contribution in [3.8, 4) is 0 Å². The summed E-state index contributed by atoms with van der Waals surface area (Å²) in [6, 6.07) is 80.2. The number of aryl methyl sites for hydroxylation is 2. The van der Waals surface area contributed by atoms with E-state index in [0.29, 0.717) is 84.6 Å². The first-order valence-electron chi connectivity index (χ1n) is 40.9. The number of piperidine rings is 1. The van der Waals surface area contributed by atoms with Gasteiger partial charge in [0.15, 0.2) is 11.6 Å². The number of pyridine rings is 5. The lowest BCUT2D eigenvalue weighted by atomic mass is 10.1. The number of benzene rings is 8. The second-order valence-corrected chi connectivity index (χ2v) is 29.8. The molecule has 8 aromatic carbocycles. The summed E-state index contributed by atoms with van der Waals surface area (Å²) in [6.45, 7) is 18.8. The van der Waals surface area contributed by atoms with E-state index in [-0.39, 0.29) is 12.6 Å². The van der Waals surface area contributed by atoms with Crippen LogP contribution in [0.1, 0.15) is 116 Å². The topological polar surface area (TPSA) is 389 Å². The molecule has 0 aliphatic carbocycles. The SMILES string of the molecule is C1CCNCC1.CC(N)c1ccccc1.Cc1ccc(CN)cc1.Cc1ccccc1CN.NCCc1c(Cl)cccc1Cl.NCCc1ccc(Br)cc1.NCCc1ccccn1.NCCc1cccnc1.NCc1ccc(F)c(F)c1.NCc1ccccc1Cl.NCc1ccccn1.NCc1cccnc1.NCc1ccncc1.[CH2]Cc1ccc(Cl)c(Cl)c1. The number of rotatable bonds is 17. The van der Waals surface area contributed by atoms with Gasteiger partial charge in [0.05, 0.1) is 15.7 Å². The molecule has 5 aromatic heterocycles. The average Bonchev–Trinajstić information content (AvgIpc) is 0.883. The van der Waals surface area contributed by atoms with Crippen molar-refractivity contribution in [3.05, 3.63) is 436 Å². The zero-order chi connectivity index (χ0) is 92.3. The highest BCUT2D eigenvalue weighted by molar-refractivity contribution is 9.10. The van der Waals surface area contributed by atoms with Crippen molar-refractivity contribution >= 4 is 73.9 Å². The first-order valence-corrected chi connectivity index (χ1v) is 43.6. The molecule has 25 N–H and O–H groups in total. The fourth-order valence-electron chi connectivity index (χ4n) is 9.84. The van der Waals surface area contributed by atoms with Gasteiger partial charge in [-0.2, -0.15) is 0 Å². The molecular weight excluding hydrogens is 1740 g/mol. The van der Waals surface area contributed by atoms with Crippen molar-refractivity contribution in [2.24, 2.45) is 68.8 Å². The number of halogens is 8. The molecule has 0 bridgehead atoms. The highest BCUT2D eigenvalue weighted by atomic mass is 79.9. The van der Waals surface area contributed by atoms with Crippen LogP contribution in [0.4, 0.5) is 8.78 Å². The maximum atomic E-state index is 12.3. The monoisotopic (exact) mass is 1860 g/mol. The third-order valence-corrected chi connectivity index (χ3v) is 19.3. The van der Waals surface area contributed by atoms with E-state index in [9.17, 15) is 8.78 Å². The normalized spacial score (nSPS) is 10.5. The third kappa shape index (κ3) is 57.9. The Balaban J connectivity index is 0.000000674. The van der Waals surface area contributed by atoms with Crippen molar-refractivity contribution in [1.82, 2.24) is 30.2 Å². The van der Waals surface area contributed by atoms with Gasteiger partial charge in [-0.3, -0.25) is 24.9 Å². The number of nitrogens with one attached hydrogen (secondary N) is 1. The van der Waals surface area contributed by atoms with Gasteiger partial charge in [0.1, 0.15) is 0 Å². The van der Waals surface area contributed by atoms with Crippen LogP contribution < -0.4 is 74.1 Å². The first kappa shape index (κ1) is 114. The van der Waals surface area contributed by atoms with Gasteiger partial charge >= 0.3 is 0 Å². The first-order chi connectivity index (χ1) is 60.5. The number of nitrogens with two attached hydrogens (primary N) is 12. The number of hydrogen-bond donors (Lipinski definition) is 13. The molecule has 1 fully saturated rings. The molecule has 1 aliphatic heterocycles. The van der Waals surface area contributed by atoms with Crippen molar-refractivity contribution in [1.29, 1.82) is 0 Å². The van der Waals surface area contributed by atoms with Crippen LogP contribution in [0.5, 0.6) is 0 Å².